The van der Waals surface area contributed by atoms with Crippen molar-refractivity contribution in [1.82, 2.24) is 0 Å². The van der Waals surface area contributed by atoms with Crippen molar-refractivity contribution in [2.75, 3.05) is 0 Å². The largest absolute Gasteiger partial charge is 0.0961 e. The molecule has 0 aliphatic heterocycles. The molecule has 0 nitrogen and oxygen atoms in total. The Bertz CT molecular complexity index is 97.0. The van der Waals surface area contributed by atoms with Gasteiger partial charge in [0.2, 0.25) is 0 Å². The van der Waals surface area contributed by atoms with Gasteiger partial charge in [-0.15, -0.1) is 0 Å². The van der Waals surface area contributed by atoms with Crippen LogP contribution in [0.4, 0.5) is 0 Å². The first-order valence-corrected chi connectivity index (χ1v) is 2.43. The van der Waals surface area contributed by atoms with Crippen LogP contribution in [0.25, 0.3) is 0 Å². The minimum absolute atomic E-state index is 0. The second kappa shape index (κ2) is 5.14. The van der Waals surface area contributed by atoms with E-state index in [-0.39, 0.29) is 17.1 Å². The van der Waals surface area contributed by atoms with Crippen LogP contribution in [0.2, 0.25) is 0 Å². The summed E-state index contributed by atoms with van der Waals surface area (Å²) in [4.78, 5) is 0. The Hall–Kier alpha value is -0.000519. The quantitative estimate of drug-likeness (QED) is 0.400. The number of hydrogen-bond donors (Lipinski definition) is 0. The summed E-state index contributed by atoms with van der Waals surface area (Å²) in [6.45, 7) is 9.84. The third-order valence-electron chi connectivity index (χ3n) is 0.535. The van der Waals surface area contributed by atoms with Gasteiger partial charge in [-0.05, 0) is 20.8 Å². The molecule has 0 atom stereocenters. The summed E-state index contributed by atoms with van der Waals surface area (Å²) in [6, 6.07) is 0. The van der Waals surface area contributed by atoms with Gasteiger partial charge >= 0.3 is 0 Å². The summed E-state index contributed by atoms with van der Waals surface area (Å²) in [5.41, 5.74) is 2.44. The van der Waals surface area contributed by atoms with Gasteiger partial charge in [0.15, 0.2) is 0 Å². The molecule has 0 aromatic heterocycles. The van der Waals surface area contributed by atoms with E-state index >= 15 is 0 Å². The standard InChI is InChI=1S/C7H12.Fe/c1-6(2)5-7(3)4;/h5H,1H2,2-4H3;. The van der Waals surface area contributed by atoms with Crippen LogP contribution in [0.3, 0.4) is 0 Å². The smallest absolute Gasteiger partial charge is 0 e. The fourth-order valence-corrected chi connectivity index (χ4v) is 0.493. The third kappa shape index (κ3) is 9.37. The molecule has 0 rings (SSSR count). The van der Waals surface area contributed by atoms with E-state index in [0.717, 1.165) is 5.57 Å². The predicted octanol–water partition coefficient (Wildman–Crippen LogP) is 2.53. The number of hydrogen-bond acceptors (Lipinski definition) is 0. The van der Waals surface area contributed by atoms with Gasteiger partial charge in [-0.2, -0.15) is 0 Å². The zero-order chi connectivity index (χ0) is 5.86. The fraction of sp³-hybridized carbons (Fsp3) is 0.429. The van der Waals surface area contributed by atoms with Gasteiger partial charge in [0.05, 0.1) is 0 Å². The molecule has 0 heterocycles. The molecule has 0 N–H and O–H groups in total. The number of rotatable bonds is 1. The molecule has 0 aliphatic carbocycles. The molecule has 0 spiro atoms. The zero-order valence-corrected chi connectivity index (χ0v) is 6.74. The Balaban J connectivity index is 0. The SMILES string of the molecule is C=C(C)C=C(C)C.[Fe]. The number of allylic oxidation sites excluding steroid dienone is 3. The summed E-state index contributed by atoms with van der Waals surface area (Å²) >= 11 is 0. The Morgan fingerprint density at radius 1 is 1.25 bits per heavy atom. The third-order valence-corrected chi connectivity index (χ3v) is 0.535. The second-order valence-corrected chi connectivity index (χ2v) is 2.07. The van der Waals surface area contributed by atoms with Crippen LogP contribution < -0.4 is 0 Å². The maximum Gasteiger partial charge on any atom is 0 e. The van der Waals surface area contributed by atoms with Crippen molar-refractivity contribution >= 4 is 0 Å². The molecular weight excluding hydrogens is 140 g/mol. The van der Waals surface area contributed by atoms with E-state index in [0.29, 0.717) is 0 Å². The molecule has 0 saturated carbocycles. The molecule has 0 fully saturated rings. The van der Waals surface area contributed by atoms with Crippen molar-refractivity contribution in [1.29, 1.82) is 0 Å². The predicted molar refractivity (Wildman–Crippen MR) is 34.2 cm³/mol. The van der Waals surface area contributed by atoms with E-state index in [1.807, 2.05) is 6.92 Å². The molecule has 1 heteroatoms. The Labute approximate surface area is 62.1 Å². The van der Waals surface area contributed by atoms with Gasteiger partial charge in [-0.1, -0.05) is 23.8 Å². The molecular formula is C7H12Fe. The molecule has 48 valence electrons. The molecule has 0 radical (unpaired) electrons. The molecule has 0 aliphatic rings. The first kappa shape index (κ1) is 10.9. The molecule has 0 amide bonds. The van der Waals surface area contributed by atoms with Crippen molar-refractivity contribution in [3.8, 4) is 0 Å². The van der Waals surface area contributed by atoms with Crippen molar-refractivity contribution in [2.24, 2.45) is 0 Å². The van der Waals surface area contributed by atoms with Gasteiger partial charge in [0, 0.05) is 17.1 Å². The van der Waals surface area contributed by atoms with Crippen molar-refractivity contribution in [3.05, 3.63) is 23.8 Å². The van der Waals surface area contributed by atoms with Gasteiger partial charge in [0.1, 0.15) is 0 Å². The summed E-state index contributed by atoms with van der Waals surface area (Å²) in [5.74, 6) is 0. The Kier molecular flexibility index (Phi) is 7.00. The minimum atomic E-state index is 0. The molecule has 0 unspecified atom stereocenters. The summed E-state index contributed by atoms with van der Waals surface area (Å²) in [6.07, 6.45) is 2.06. The maximum atomic E-state index is 3.72. The minimum Gasteiger partial charge on any atom is -0.0961 e. The monoisotopic (exact) mass is 152 g/mol. The van der Waals surface area contributed by atoms with Crippen LogP contribution >= 0.6 is 0 Å². The summed E-state index contributed by atoms with van der Waals surface area (Å²) < 4.78 is 0. The van der Waals surface area contributed by atoms with Gasteiger partial charge in [-0.3, -0.25) is 0 Å². The molecule has 0 aromatic carbocycles. The Morgan fingerprint density at radius 3 is 1.62 bits per heavy atom. The van der Waals surface area contributed by atoms with E-state index in [2.05, 4.69) is 26.5 Å². The van der Waals surface area contributed by atoms with E-state index in [9.17, 15) is 0 Å². The van der Waals surface area contributed by atoms with Crippen molar-refractivity contribution < 1.29 is 17.1 Å². The average molecular weight is 152 g/mol. The first-order valence-electron chi connectivity index (χ1n) is 2.43. The van der Waals surface area contributed by atoms with Crippen molar-refractivity contribution in [3.63, 3.8) is 0 Å². The van der Waals surface area contributed by atoms with Crippen LogP contribution in [-0.2, 0) is 17.1 Å². The van der Waals surface area contributed by atoms with Crippen molar-refractivity contribution in [2.45, 2.75) is 20.8 Å². The van der Waals surface area contributed by atoms with Crippen LogP contribution in [0, 0.1) is 0 Å². The average Bonchev–Trinajstić information content (AvgIpc) is 1.27. The van der Waals surface area contributed by atoms with Crippen LogP contribution in [0.15, 0.2) is 23.8 Å². The van der Waals surface area contributed by atoms with Gasteiger partial charge in [-0.25, -0.2) is 0 Å². The van der Waals surface area contributed by atoms with Gasteiger partial charge in [0.25, 0.3) is 0 Å². The molecule has 0 bridgehead atoms. The van der Waals surface area contributed by atoms with Crippen LogP contribution in [-0.4, -0.2) is 0 Å². The first-order chi connectivity index (χ1) is 3.13. The van der Waals surface area contributed by atoms with Crippen LogP contribution in [0.1, 0.15) is 20.8 Å². The molecule has 0 saturated heterocycles. The van der Waals surface area contributed by atoms with Crippen LogP contribution in [0.5, 0.6) is 0 Å². The zero-order valence-electron chi connectivity index (χ0n) is 5.64. The van der Waals surface area contributed by atoms with E-state index in [1.54, 1.807) is 0 Å². The second-order valence-electron chi connectivity index (χ2n) is 2.07. The maximum absolute atomic E-state index is 3.72. The normalized spacial score (nSPS) is 6.88. The summed E-state index contributed by atoms with van der Waals surface area (Å²) in [7, 11) is 0. The van der Waals surface area contributed by atoms with E-state index < -0.39 is 0 Å². The summed E-state index contributed by atoms with van der Waals surface area (Å²) in [5, 5.41) is 0. The molecule has 0 aromatic rings. The van der Waals surface area contributed by atoms with E-state index in [4.69, 9.17) is 0 Å². The fourth-order valence-electron chi connectivity index (χ4n) is 0.493. The van der Waals surface area contributed by atoms with E-state index in [1.165, 1.54) is 5.57 Å². The Morgan fingerprint density at radius 2 is 1.62 bits per heavy atom. The topological polar surface area (TPSA) is 0 Å². The molecule has 8 heavy (non-hydrogen) atoms. The van der Waals surface area contributed by atoms with Gasteiger partial charge < -0.3 is 0 Å².